The minimum atomic E-state index is -4.39. The van der Waals surface area contributed by atoms with E-state index in [-0.39, 0.29) is 51.4 Å². The van der Waals surface area contributed by atoms with Crippen LogP contribution in [0.2, 0.25) is 0 Å². The third-order valence-corrected chi connectivity index (χ3v) is 19.6. The number of hydrogen-bond acceptors (Lipinski definition) is 18. The second-order valence-corrected chi connectivity index (χ2v) is 30.1. The fourth-order valence-corrected chi connectivity index (χ4v) is 10.8. The molecule has 1 aliphatic heterocycles. The van der Waals surface area contributed by atoms with E-state index in [0.717, 1.165) is 13.2 Å². The van der Waals surface area contributed by atoms with E-state index < -0.39 is 136 Å². The van der Waals surface area contributed by atoms with Gasteiger partial charge in [-0.15, -0.1) is 0 Å². The lowest BCUT2D eigenvalue weighted by Gasteiger charge is -2.21. The predicted octanol–water partition coefficient (Wildman–Crippen LogP) is 4.74. The van der Waals surface area contributed by atoms with E-state index in [9.17, 15) is 92.0 Å². The molecule has 0 radical (unpaired) electrons. The lowest BCUT2D eigenvalue weighted by atomic mass is 10.2. The molecule has 438 valence electrons. The maximum absolute atomic E-state index is 12.6. The lowest BCUT2D eigenvalue weighted by Crippen LogP contribution is -2.45. The summed E-state index contributed by atoms with van der Waals surface area (Å²) in [6.07, 6.45) is -7.58. The first kappa shape index (κ1) is 68.6. The van der Waals surface area contributed by atoms with Gasteiger partial charge in [0.05, 0.1) is 13.8 Å². The van der Waals surface area contributed by atoms with Crippen molar-refractivity contribution in [1.29, 1.82) is 0 Å². The standard InChI is InChI=1S/C9H15F2NO4S.C9H15NO5S.C8H15NO4S.2C4H7F2NO2S.C4H8O.CH3F/c1-8(2,3)16-7(13)12-17(14,15)9(4-5-9)6(10)11;1-8(2,3)15-7(12)10-16(13,14)9(6-11)4-5-9;1-8(2,3)13-7(10)9-14(11,12)6-4-5-6;2*5-3(6)4(1-2-4)10(7,8)9;1-2-4-5-3-1;1-2/h6H,4-5H2,1-3H3,(H,12,13);6H,4-5H2,1-3H3,(H,10,12);6H,4-5H2,1-3H3,(H,9,10);2*3H,1-2H2,(H2,7,8,9);1-4H2;1H3/i;;;;;;1D. The van der Waals surface area contributed by atoms with Gasteiger partial charge in [-0.3, -0.25) is 4.39 Å². The molecule has 0 aromatic rings. The Morgan fingerprint density at radius 1 is 0.568 bits per heavy atom. The van der Waals surface area contributed by atoms with Crippen LogP contribution >= 0.6 is 0 Å². The van der Waals surface area contributed by atoms with Crippen molar-refractivity contribution in [3.63, 3.8) is 0 Å². The van der Waals surface area contributed by atoms with E-state index in [1.807, 2.05) is 4.72 Å². The fourth-order valence-electron chi connectivity index (χ4n) is 5.21. The minimum absolute atomic E-state index is 0.0104. The number of rotatable bonds is 12. The van der Waals surface area contributed by atoms with Crippen LogP contribution in [0.5, 0.6) is 0 Å². The normalized spacial score (nSPS) is 19.9. The fraction of sp³-hybridized carbons (Fsp3) is 0.897. The van der Waals surface area contributed by atoms with E-state index in [4.69, 9.17) is 20.3 Å². The molecule has 23 nitrogen and oxygen atoms in total. The van der Waals surface area contributed by atoms with E-state index in [1.54, 1.807) is 67.0 Å². The molecule has 0 unspecified atom stereocenters. The Bertz CT molecular complexity index is 2430. The lowest BCUT2D eigenvalue weighted by molar-refractivity contribution is -0.108. The summed E-state index contributed by atoms with van der Waals surface area (Å²) in [7, 11) is -20.9. The molecule has 6 fully saturated rings. The molecule has 6 rings (SSSR count). The van der Waals surface area contributed by atoms with Gasteiger partial charge in [0, 0.05) is 13.2 Å². The average molecular weight is 1190 g/mol. The first-order valence-corrected chi connectivity index (χ1v) is 29.7. The number of nitrogens with two attached hydrogens (primary N) is 2. The van der Waals surface area contributed by atoms with Crippen molar-refractivity contribution in [2.24, 2.45) is 10.3 Å². The first-order valence-electron chi connectivity index (χ1n) is 22.8. The number of nitrogens with one attached hydrogen (secondary N) is 3. The highest BCUT2D eigenvalue weighted by Crippen LogP contribution is 2.49. The van der Waals surface area contributed by atoms with Gasteiger partial charge in [0.2, 0.25) is 50.1 Å². The van der Waals surface area contributed by atoms with Gasteiger partial charge in [0.1, 0.15) is 37.3 Å². The number of alkyl halides is 7. The highest BCUT2D eigenvalue weighted by Gasteiger charge is 2.63. The zero-order valence-electron chi connectivity index (χ0n) is 43.2. The molecular formula is C39H70F7N5O18S5. The number of aldehydes is 1. The third kappa shape index (κ3) is 22.7. The number of carbonyl (C=O) groups excluding carboxylic acids is 4. The summed E-state index contributed by atoms with van der Waals surface area (Å²) in [5.41, 5.74) is -2.35. The molecule has 1 saturated heterocycles. The van der Waals surface area contributed by atoms with Crippen LogP contribution in [-0.2, 0) is 73.9 Å². The molecule has 5 saturated carbocycles. The third-order valence-electron chi connectivity index (χ3n) is 10.2. The van der Waals surface area contributed by atoms with Crippen LogP contribution in [0.3, 0.4) is 0 Å². The molecule has 0 aromatic heterocycles. The number of primary sulfonamides is 2. The maximum Gasteiger partial charge on any atom is 0.421 e. The summed E-state index contributed by atoms with van der Waals surface area (Å²) in [5.74, 6) is 0. The monoisotopic (exact) mass is 1190 g/mol. The predicted molar refractivity (Wildman–Crippen MR) is 253 cm³/mol. The quantitative estimate of drug-likeness (QED) is 0.100. The molecule has 7 N–H and O–H groups in total. The molecule has 0 spiro atoms. The number of sulfonamides is 5. The second-order valence-electron chi connectivity index (χ2n) is 20.3. The van der Waals surface area contributed by atoms with Gasteiger partial charge in [0.25, 0.3) is 19.3 Å². The number of amides is 3. The zero-order chi connectivity index (χ0) is 59.3. The van der Waals surface area contributed by atoms with Gasteiger partial charge in [-0.2, -0.15) is 0 Å². The van der Waals surface area contributed by atoms with Crippen molar-refractivity contribution in [3.05, 3.63) is 0 Å². The average Bonchev–Trinajstić information content (AvgIpc) is 3.98. The van der Waals surface area contributed by atoms with Crippen LogP contribution in [-0.4, -0.2) is 147 Å². The Morgan fingerprint density at radius 3 is 1.03 bits per heavy atom. The van der Waals surface area contributed by atoms with E-state index in [0.29, 0.717) is 19.1 Å². The summed E-state index contributed by atoms with van der Waals surface area (Å²) in [6.45, 7) is 16.5. The highest BCUT2D eigenvalue weighted by molar-refractivity contribution is 7.92. The summed E-state index contributed by atoms with van der Waals surface area (Å²) < 4.78 is 216. The molecule has 1 heterocycles. The van der Waals surface area contributed by atoms with Crippen molar-refractivity contribution in [2.75, 3.05) is 20.4 Å². The maximum atomic E-state index is 12.6. The zero-order valence-corrected chi connectivity index (χ0v) is 46.3. The van der Waals surface area contributed by atoms with Crippen molar-refractivity contribution in [1.82, 2.24) is 14.2 Å². The SMILES string of the molecule is C1CCOC1.CC(C)(C)OC(=O)NS(=O)(=O)C1(C(F)F)CC1.CC(C)(C)OC(=O)NS(=O)(=O)C1(C=O)CC1.CC(C)(C)OC(=O)NS(=O)(=O)C1CC1.NS(=O)(=O)C1(C(F)F)CC1.NS(=O)(=O)C1(C(F)F)CC1.[2H]CF. The van der Waals surface area contributed by atoms with Crippen molar-refractivity contribution >= 4 is 74.7 Å². The van der Waals surface area contributed by atoms with E-state index >= 15 is 0 Å². The molecule has 0 bridgehead atoms. The number of halogens is 7. The smallest absolute Gasteiger partial charge is 0.421 e. The molecule has 35 heteroatoms. The first-order chi connectivity index (χ1) is 33.5. The van der Waals surface area contributed by atoms with Gasteiger partial charge in [-0.25, -0.2) is 107 Å². The van der Waals surface area contributed by atoms with Crippen LogP contribution in [0.25, 0.3) is 0 Å². The van der Waals surface area contributed by atoms with Crippen LogP contribution in [0.15, 0.2) is 0 Å². The van der Waals surface area contributed by atoms with Crippen LogP contribution in [0, 0.1) is 0 Å². The Balaban J connectivity index is 0.000000889. The highest BCUT2D eigenvalue weighted by atomic mass is 32.2. The minimum Gasteiger partial charge on any atom is -0.443 e. The Labute approximate surface area is 429 Å². The van der Waals surface area contributed by atoms with Crippen molar-refractivity contribution < 1.29 is 112 Å². The van der Waals surface area contributed by atoms with Gasteiger partial charge in [-0.1, -0.05) is 0 Å². The molecule has 6 aliphatic rings. The summed E-state index contributed by atoms with van der Waals surface area (Å²) in [6, 6.07) is 0. The molecule has 0 atom stereocenters. The van der Waals surface area contributed by atoms with Gasteiger partial charge in [-0.05, 0) is 139 Å². The summed E-state index contributed by atoms with van der Waals surface area (Å²) in [4.78, 5) is 44.2. The van der Waals surface area contributed by atoms with E-state index in [1.165, 1.54) is 17.6 Å². The Morgan fingerprint density at radius 2 is 0.851 bits per heavy atom. The van der Waals surface area contributed by atoms with Gasteiger partial charge >= 0.3 is 18.3 Å². The topological polar surface area (TPSA) is 364 Å². The van der Waals surface area contributed by atoms with E-state index in [2.05, 4.69) is 10.3 Å². The molecule has 3 amide bonds. The summed E-state index contributed by atoms with van der Waals surface area (Å²) >= 11 is 0. The van der Waals surface area contributed by atoms with Crippen LogP contribution in [0.4, 0.5) is 45.1 Å². The second kappa shape index (κ2) is 26.3. The molecule has 5 aliphatic carbocycles. The number of hydrogen-bond donors (Lipinski definition) is 5. The van der Waals surface area contributed by atoms with Gasteiger partial charge in [0.15, 0.2) is 4.75 Å². The Hall–Kier alpha value is -3.38. The van der Waals surface area contributed by atoms with Gasteiger partial charge < -0.3 is 23.7 Å². The number of ether oxygens (including phenoxy) is 4. The largest absolute Gasteiger partial charge is 0.443 e. The summed E-state index contributed by atoms with van der Waals surface area (Å²) in [5, 5.41) is 8.73. The van der Waals surface area contributed by atoms with Crippen molar-refractivity contribution in [2.45, 2.75) is 200 Å². The number of carbonyl (C=O) groups is 4. The van der Waals surface area contributed by atoms with Crippen molar-refractivity contribution in [3.8, 4) is 0 Å². The van der Waals surface area contributed by atoms with Crippen LogP contribution in [0.1, 0.15) is 141 Å². The Kier molecular flexibility index (Phi) is 24.4. The molecule has 0 aromatic carbocycles. The van der Waals surface area contributed by atoms with Crippen LogP contribution < -0.4 is 24.4 Å². The molecule has 74 heavy (non-hydrogen) atoms. The molecular weight excluding hydrogens is 1120 g/mol.